The number of phenols is 2. The van der Waals surface area contributed by atoms with Gasteiger partial charge in [-0.3, -0.25) is 0 Å². The molecule has 0 amide bonds. The van der Waals surface area contributed by atoms with E-state index in [9.17, 15) is 10.2 Å². The summed E-state index contributed by atoms with van der Waals surface area (Å²) in [4.78, 5) is 4.58. The molecule has 3 rings (SSSR count). The second kappa shape index (κ2) is 3.99. The third-order valence-electron chi connectivity index (χ3n) is 2.84. The topological polar surface area (TPSA) is 53.4 Å². The van der Waals surface area contributed by atoms with Gasteiger partial charge in [-0.2, -0.15) is 0 Å². The van der Waals surface area contributed by atoms with Crippen molar-refractivity contribution in [2.24, 2.45) is 0 Å². The molecule has 3 aromatic rings. The molecular formula is C14H11NO2S. The summed E-state index contributed by atoms with van der Waals surface area (Å²) in [6, 6.07) is 10.8. The van der Waals surface area contributed by atoms with E-state index in [1.807, 2.05) is 25.1 Å². The highest BCUT2D eigenvalue weighted by molar-refractivity contribution is 7.21. The summed E-state index contributed by atoms with van der Waals surface area (Å²) >= 11 is 1.58. The van der Waals surface area contributed by atoms with Gasteiger partial charge < -0.3 is 10.2 Å². The standard InChI is InChI=1S/C14H11NO2S/c1-8-3-2-4-12-13(8)15-14(18-12)9-5-6-10(16)11(17)7-9/h2-7,16-17H,1H3. The van der Waals surface area contributed by atoms with Crippen LogP contribution in [0.3, 0.4) is 0 Å². The number of aromatic nitrogens is 1. The van der Waals surface area contributed by atoms with Gasteiger partial charge in [0, 0.05) is 5.56 Å². The maximum atomic E-state index is 9.52. The number of nitrogens with zero attached hydrogens (tertiary/aromatic N) is 1. The molecule has 3 nitrogen and oxygen atoms in total. The Morgan fingerprint density at radius 2 is 1.89 bits per heavy atom. The second-order valence-electron chi connectivity index (χ2n) is 4.14. The van der Waals surface area contributed by atoms with E-state index in [1.54, 1.807) is 17.4 Å². The Kier molecular flexibility index (Phi) is 2.45. The molecule has 2 aromatic carbocycles. The SMILES string of the molecule is Cc1cccc2sc(-c3ccc(O)c(O)c3)nc12. The summed E-state index contributed by atoms with van der Waals surface area (Å²) in [7, 11) is 0. The molecule has 0 atom stereocenters. The molecule has 0 unspecified atom stereocenters. The molecular weight excluding hydrogens is 246 g/mol. The van der Waals surface area contributed by atoms with E-state index in [1.165, 1.54) is 12.1 Å². The van der Waals surface area contributed by atoms with Crippen LogP contribution >= 0.6 is 11.3 Å². The molecule has 4 heteroatoms. The first-order valence-corrected chi connectivity index (χ1v) is 6.35. The summed E-state index contributed by atoms with van der Waals surface area (Å²) in [5, 5.41) is 19.7. The van der Waals surface area contributed by atoms with Crippen LogP contribution in [0.4, 0.5) is 0 Å². The summed E-state index contributed by atoms with van der Waals surface area (Å²) in [6.45, 7) is 2.03. The van der Waals surface area contributed by atoms with E-state index < -0.39 is 0 Å². The van der Waals surface area contributed by atoms with Crippen molar-refractivity contribution >= 4 is 21.6 Å². The Balaban J connectivity index is 2.19. The lowest BCUT2D eigenvalue weighted by Crippen LogP contribution is -1.78. The quantitative estimate of drug-likeness (QED) is 0.654. The van der Waals surface area contributed by atoms with Crippen molar-refractivity contribution in [2.75, 3.05) is 0 Å². The number of hydrogen-bond donors (Lipinski definition) is 2. The van der Waals surface area contributed by atoms with E-state index in [4.69, 9.17) is 0 Å². The van der Waals surface area contributed by atoms with Crippen molar-refractivity contribution in [1.82, 2.24) is 4.98 Å². The predicted molar refractivity (Wildman–Crippen MR) is 73.1 cm³/mol. The van der Waals surface area contributed by atoms with Crippen molar-refractivity contribution < 1.29 is 10.2 Å². The van der Waals surface area contributed by atoms with Crippen molar-refractivity contribution in [3.63, 3.8) is 0 Å². The van der Waals surface area contributed by atoms with Gasteiger partial charge in [0.15, 0.2) is 11.5 Å². The number of aryl methyl sites for hydroxylation is 1. The van der Waals surface area contributed by atoms with Crippen LogP contribution in [0.2, 0.25) is 0 Å². The van der Waals surface area contributed by atoms with E-state index >= 15 is 0 Å². The molecule has 0 bridgehead atoms. The zero-order chi connectivity index (χ0) is 12.7. The summed E-state index contributed by atoms with van der Waals surface area (Å²) in [6.07, 6.45) is 0. The Labute approximate surface area is 108 Å². The Morgan fingerprint density at radius 1 is 1.06 bits per heavy atom. The van der Waals surface area contributed by atoms with Crippen LogP contribution in [0.25, 0.3) is 20.8 Å². The van der Waals surface area contributed by atoms with E-state index in [2.05, 4.69) is 4.98 Å². The van der Waals surface area contributed by atoms with Gasteiger partial charge in [-0.05, 0) is 36.8 Å². The molecule has 1 heterocycles. The zero-order valence-electron chi connectivity index (χ0n) is 9.71. The number of benzene rings is 2. The van der Waals surface area contributed by atoms with E-state index in [-0.39, 0.29) is 11.5 Å². The fourth-order valence-electron chi connectivity index (χ4n) is 1.87. The van der Waals surface area contributed by atoms with Crippen LogP contribution in [0.15, 0.2) is 36.4 Å². The number of para-hydroxylation sites is 1. The highest BCUT2D eigenvalue weighted by Crippen LogP contribution is 2.35. The number of hydrogen-bond acceptors (Lipinski definition) is 4. The first-order valence-electron chi connectivity index (χ1n) is 5.53. The fourth-order valence-corrected chi connectivity index (χ4v) is 2.91. The smallest absolute Gasteiger partial charge is 0.158 e. The van der Waals surface area contributed by atoms with Crippen LogP contribution in [0.1, 0.15) is 5.56 Å². The summed E-state index contributed by atoms with van der Waals surface area (Å²) in [5.41, 5.74) is 2.94. The average molecular weight is 257 g/mol. The second-order valence-corrected chi connectivity index (χ2v) is 5.17. The highest BCUT2D eigenvalue weighted by atomic mass is 32.1. The fraction of sp³-hybridized carbons (Fsp3) is 0.0714. The monoisotopic (exact) mass is 257 g/mol. The number of phenolic OH excluding ortho intramolecular Hbond substituents is 2. The van der Waals surface area contributed by atoms with Crippen LogP contribution in [0.5, 0.6) is 11.5 Å². The van der Waals surface area contributed by atoms with Gasteiger partial charge in [0.1, 0.15) is 5.01 Å². The zero-order valence-corrected chi connectivity index (χ0v) is 10.5. The summed E-state index contributed by atoms with van der Waals surface area (Å²) in [5.74, 6) is -0.237. The molecule has 1 aromatic heterocycles. The van der Waals surface area contributed by atoms with Crippen LogP contribution in [0, 0.1) is 6.92 Å². The number of fused-ring (bicyclic) bond motifs is 1. The van der Waals surface area contributed by atoms with Gasteiger partial charge in [-0.25, -0.2) is 4.98 Å². The number of thiazole rings is 1. The third-order valence-corrected chi connectivity index (χ3v) is 3.91. The maximum Gasteiger partial charge on any atom is 0.158 e. The molecule has 0 saturated carbocycles. The number of aromatic hydroxyl groups is 2. The highest BCUT2D eigenvalue weighted by Gasteiger charge is 2.09. The average Bonchev–Trinajstić information content (AvgIpc) is 2.78. The molecule has 0 aliphatic heterocycles. The number of rotatable bonds is 1. The Bertz CT molecular complexity index is 734. The van der Waals surface area contributed by atoms with Gasteiger partial charge in [0.05, 0.1) is 10.2 Å². The molecule has 18 heavy (non-hydrogen) atoms. The largest absolute Gasteiger partial charge is 0.504 e. The third kappa shape index (κ3) is 1.71. The lowest BCUT2D eigenvalue weighted by molar-refractivity contribution is 0.404. The van der Waals surface area contributed by atoms with Crippen molar-refractivity contribution in [3.8, 4) is 22.1 Å². The van der Waals surface area contributed by atoms with E-state index in [0.717, 1.165) is 26.4 Å². The molecule has 0 spiro atoms. The lowest BCUT2D eigenvalue weighted by atomic mass is 10.2. The van der Waals surface area contributed by atoms with Crippen LogP contribution in [-0.4, -0.2) is 15.2 Å². The van der Waals surface area contributed by atoms with Crippen LogP contribution in [-0.2, 0) is 0 Å². The molecule has 0 saturated heterocycles. The van der Waals surface area contributed by atoms with Gasteiger partial charge in [0.2, 0.25) is 0 Å². The van der Waals surface area contributed by atoms with Crippen LogP contribution < -0.4 is 0 Å². The first-order chi connectivity index (χ1) is 8.65. The molecule has 90 valence electrons. The molecule has 0 radical (unpaired) electrons. The molecule has 0 aliphatic carbocycles. The summed E-state index contributed by atoms with van der Waals surface area (Å²) < 4.78 is 1.12. The normalized spacial score (nSPS) is 10.9. The maximum absolute atomic E-state index is 9.52. The van der Waals surface area contributed by atoms with Gasteiger partial charge in [0.25, 0.3) is 0 Å². The van der Waals surface area contributed by atoms with Crippen molar-refractivity contribution in [2.45, 2.75) is 6.92 Å². The lowest BCUT2D eigenvalue weighted by Gasteiger charge is -1.99. The van der Waals surface area contributed by atoms with Crippen molar-refractivity contribution in [3.05, 3.63) is 42.0 Å². The Morgan fingerprint density at radius 3 is 2.61 bits per heavy atom. The molecule has 0 aliphatic rings. The van der Waals surface area contributed by atoms with Gasteiger partial charge >= 0.3 is 0 Å². The minimum Gasteiger partial charge on any atom is -0.504 e. The molecule has 2 N–H and O–H groups in total. The predicted octanol–water partition coefficient (Wildman–Crippen LogP) is 3.68. The van der Waals surface area contributed by atoms with Gasteiger partial charge in [-0.15, -0.1) is 11.3 Å². The molecule has 0 fully saturated rings. The minimum atomic E-state index is -0.122. The Hall–Kier alpha value is -2.07. The first kappa shape index (κ1) is 11.0. The minimum absolute atomic E-state index is 0.115. The van der Waals surface area contributed by atoms with Gasteiger partial charge in [-0.1, -0.05) is 12.1 Å². The van der Waals surface area contributed by atoms with E-state index in [0.29, 0.717) is 0 Å². The van der Waals surface area contributed by atoms with Crippen molar-refractivity contribution in [1.29, 1.82) is 0 Å².